The summed E-state index contributed by atoms with van der Waals surface area (Å²) in [5, 5.41) is 24.6. The molecule has 0 atom stereocenters. The van der Waals surface area contributed by atoms with Gasteiger partial charge in [0.2, 0.25) is 5.82 Å². The van der Waals surface area contributed by atoms with Gasteiger partial charge in [0.1, 0.15) is 11.5 Å². The standard InChI is InChI=1S/C20H11F3N4O5/c21-20(22,23)12-3-7-14(8-4-12)31-15-9-16(27(29)30)17(24-10-15)18-25-19(32-26-18)11-1-5-13(28)6-2-11/h1-10,28H. The number of aromatic nitrogens is 3. The Labute approximate surface area is 176 Å². The summed E-state index contributed by atoms with van der Waals surface area (Å²) >= 11 is 0. The molecule has 0 radical (unpaired) electrons. The Balaban J connectivity index is 1.61. The monoisotopic (exact) mass is 444 g/mol. The van der Waals surface area contributed by atoms with Gasteiger partial charge >= 0.3 is 11.9 Å². The maximum Gasteiger partial charge on any atom is 0.416 e. The number of halogens is 3. The third kappa shape index (κ3) is 4.33. The van der Waals surface area contributed by atoms with Crippen LogP contribution in [0.3, 0.4) is 0 Å². The molecule has 0 spiro atoms. The molecule has 0 saturated heterocycles. The molecule has 2 heterocycles. The van der Waals surface area contributed by atoms with Crippen molar-refractivity contribution in [3.8, 4) is 40.2 Å². The Bertz CT molecular complexity index is 1270. The second-order valence-electron chi connectivity index (χ2n) is 6.39. The highest BCUT2D eigenvalue weighted by molar-refractivity contribution is 5.66. The predicted octanol–water partition coefficient (Wildman–Crippen LogP) is 5.22. The summed E-state index contributed by atoms with van der Waals surface area (Å²) in [6.07, 6.45) is -3.35. The summed E-state index contributed by atoms with van der Waals surface area (Å²) in [5.41, 5.74) is -1.06. The van der Waals surface area contributed by atoms with Crippen LogP contribution in [-0.2, 0) is 6.18 Å². The average molecular weight is 444 g/mol. The molecule has 32 heavy (non-hydrogen) atoms. The number of aromatic hydroxyl groups is 1. The van der Waals surface area contributed by atoms with Gasteiger partial charge in [0.25, 0.3) is 5.89 Å². The van der Waals surface area contributed by atoms with E-state index in [1.807, 2.05) is 0 Å². The van der Waals surface area contributed by atoms with Crippen LogP contribution >= 0.6 is 0 Å². The van der Waals surface area contributed by atoms with Crippen LogP contribution in [0.2, 0.25) is 0 Å². The zero-order valence-electron chi connectivity index (χ0n) is 15.8. The van der Waals surface area contributed by atoms with E-state index in [1.54, 1.807) is 0 Å². The van der Waals surface area contributed by atoms with E-state index in [0.29, 0.717) is 5.56 Å². The Morgan fingerprint density at radius 3 is 2.34 bits per heavy atom. The highest BCUT2D eigenvalue weighted by atomic mass is 19.4. The number of nitrogens with zero attached hydrogens (tertiary/aromatic N) is 4. The van der Waals surface area contributed by atoms with Crippen molar-refractivity contribution < 1.29 is 32.5 Å². The predicted molar refractivity (Wildman–Crippen MR) is 103 cm³/mol. The number of hydrogen-bond acceptors (Lipinski definition) is 8. The fourth-order valence-corrected chi connectivity index (χ4v) is 2.69. The van der Waals surface area contributed by atoms with E-state index in [1.165, 1.54) is 24.3 Å². The Hall–Kier alpha value is -4.48. The number of hydrogen-bond donors (Lipinski definition) is 1. The van der Waals surface area contributed by atoms with Gasteiger partial charge in [-0.15, -0.1) is 0 Å². The number of benzene rings is 2. The van der Waals surface area contributed by atoms with E-state index in [-0.39, 0.29) is 34.7 Å². The van der Waals surface area contributed by atoms with Crippen LogP contribution in [0.1, 0.15) is 5.56 Å². The van der Waals surface area contributed by atoms with Crippen molar-refractivity contribution in [3.63, 3.8) is 0 Å². The van der Waals surface area contributed by atoms with E-state index in [4.69, 9.17) is 9.26 Å². The van der Waals surface area contributed by atoms with Gasteiger partial charge in [0.15, 0.2) is 11.4 Å². The van der Waals surface area contributed by atoms with Crippen molar-refractivity contribution in [2.24, 2.45) is 0 Å². The van der Waals surface area contributed by atoms with Crippen LogP contribution in [0.25, 0.3) is 23.0 Å². The smallest absolute Gasteiger partial charge is 0.416 e. The maximum absolute atomic E-state index is 12.7. The number of ether oxygens (including phenoxy) is 1. The van der Waals surface area contributed by atoms with Crippen LogP contribution in [0.15, 0.2) is 65.3 Å². The molecule has 2 aromatic heterocycles. The first-order valence-electron chi connectivity index (χ1n) is 8.84. The number of phenols is 1. The maximum atomic E-state index is 12.7. The molecule has 12 heteroatoms. The minimum atomic E-state index is -4.50. The third-order valence-corrected chi connectivity index (χ3v) is 4.21. The molecule has 0 saturated carbocycles. The third-order valence-electron chi connectivity index (χ3n) is 4.21. The fraction of sp³-hybridized carbons (Fsp3) is 0.0500. The highest BCUT2D eigenvalue weighted by Gasteiger charge is 2.30. The molecule has 1 N–H and O–H groups in total. The van der Waals surface area contributed by atoms with Gasteiger partial charge in [0, 0.05) is 5.56 Å². The Morgan fingerprint density at radius 2 is 1.72 bits per heavy atom. The number of phenolic OH excluding ortho intramolecular Hbond substituents is 1. The van der Waals surface area contributed by atoms with Gasteiger partial charge < -0.3 is 14.4 Å². The molecule has 0 fully saturated rings. The van der Waals surface area contributed by atoms with Crippen molar-refractivity contribution in [1.29, 1.82) is 0 Å². The molecular weight excluding hydrogens is 433 g/mol. The van der Waals surface area contributed by atoms with Crippen molar-refractivity contribution in [1.82, 2.24) is 15.1 Å². The van der Waals surface area contributed by atoms with Gasteiger partial charge in [-0.25, -0.2) is 4.98 Å². The largest absolute Gasteiger partial charge is 0.508 e. The molecule has 0 aliphatic heterocycles. The summed E-state index contributed by atoms with van der Waals surface area (Å²) in [4.78, 5) is 18.9. The summed E-state index contributed by atoms with van der Waals surface area (Å²) in [6, 6.07) is 10.8. The van der Waals surface area contributed by atoms with Gasteiger partial charge in [-0.2, -0.15) is 18.2 Å². The minimum Gasteiger partial charge on any atom is -0.508 e. The second kappa shape index (κ2) is 7.98. The van der Waals surface area contributed by atoms with Crippen molar-refractivity contribution >= 4 is 5.69 Å². The SMILES string of the molecule is O=[N+]([O-])c1cc(Oc2ccc(C(F)(F)F)cc2)cnc1-c1noc(-c2ccc(O)cc2)n1. The first kappa shape index (κ1) is 20.8. The zero-order valence-corrected chi connectivity index (χ0v) is 15.8. The molecular formula is C20H11F3N4O5. The van der Waals surface area contributed by atoms with E-state index < -0.39 is 22.4 Å². The summed E-state index contributed by atoms with van der Waals surface area (Å²) < 4.78 is 48.5. The lowest BCUT2D eigenvalue weighted by atomic mass is 10.2. The average Bonchev–Trinajstić information content (AvgIpc) is 3.24. The quantitative estimate of drug-likeness (QED) is 0.328. The summed E-state index contributed by atoms with van der Waals surface area (Å²) in [7, 11) is 0. The molecule has 0 unspecified atom stereocenters. The first-order chi connectivity index (χ1) is 15.2. The van der Waals surface area contributed by atoms with E-state index in [2.05, 4.69) is 15.1 Å². The molecule has 0 bridgehead atoms. The fourth-order valence-electron chi connectivity index (χ4n) is 2.69. The number of alkyl halides is 3. The number of pyridine rings is 1. The van der Waals surface area contributed by atoms with Gasteiger partial charge in [0.05, 0.1) is 22.7 Å². The summed E-state index contributed by atoms with van der Waals surface area (Å²) in [6.45, 7) is 0. The topological polar surface area (TPSA) is 124 Å². The van der Waals surface area contributed by atoms with E-state index in [9.17, 15) is 28.4 Å². The van der Waals surface area contributed by atoms with Crippen LogP contribution in [0.4, 0.5) is 18.9 Å². The minimum absolute atomic E-state index is 0.0365. The molecule has 0 aliphatic rings. The number of rotatable bonds is 5. The van der Waals surface area contributed by atoms with Gasteiger partial charge in [-0.3, -0.25) is 10.1 Å². The molecule has 0 amide bonds. The summed E-state index contributed by atoms with van der Waals surface area (Å²) in [5.74, 6) is -0.0880. The zero-order chi connectivity index (χ0) is 22.9. The van der Waals surface area contributed by atoms with Crippen molar-refractivity contribution in [3.05, 3.63) is 76.5 Å². The lowest BCUT2D eigenvalue weighted by molar-refractivity contribution is -0.384. The van der Waals surface area contributed by atoms with Gasteiger partial charge in [-0.1, -0.05) is 5.16 Å². The lowest BCUT2D eigenvalue weighted by Crippen LogP contribution is -2.04. The Kier molecular flexibility index (Phi) is 5.18. The van der Waals surface area contributed by atoms with Crippen LogP contribution in [0.5, 0.6) is 17.2 Å². The molecule has 4 rings (SSSR count). The normalized spacial score (nSPS) is 11.3. The molecule has 2 aromatic carbocycles. The van der Waals surface area contributed by atoms with Gasteiger partial charge in [-0.05, 0) is 48.5 Å². The molecule has 9 nitrogen and oxygen atoms in total. The molecule has 0 aliphatic carbocycles. The molecule has 162 valence electrons. The van der Waals surface area contributed by atoms with Crippen LogP contribution in [0, 0.1) is 10.1 Å². The van der Waals surface area contributed by atoms with Crippen molar-refractivity contribution in [2.75, 3.05) is 0 Å². The van der Waals surface area contributed by atoms with E-state index in [0.717, 1.165) is 36.5 Å². The first-order valence-corrected chi connectivity index (χ1v) is 8.84. The van der Waals surface area contributed by atoms with Crippen LogP contribution < -0.4 is 4.74 Å². The van der Waals surface area contributed by atoms with E-state index >= 15 is 0 Å². The van der Waals surface area contributed by atoms with Crippen LogP contribution in [-0.4, -0.2) is 25.2 Å². The highest BCUT2D eigenvalue weighted by Crippen LogP contribution is 2.34. The lowest BCUT2D eigenvalue weighted by Gasteiger charge is -2.09. The second-order valence-corrected chi connectivity index (χ2v) is 6.39. The Morgan fingerprint density at radius 1 is 1.03 bits per heavy atom. The molecule has 4 aromatic rings. The van der Waals surface area contributed by atoms with Crippen molar-refractivity contribution in [2.45, 2.75) is 6.18 Å². The number of nitro groups is 1.